The van der Waals surface area contributed by atoms with Gasteiger partial charge in [0.15, 0.2) is 5.78 Å². The minimum absolute atomic E-state index is 0.0386. The molecule has 19 heavy (non-hydrogen) atoms. The van der Waals surface area contributed by atoms with Crippen molar-refractivity contribution in [3.8, 4) is 0 Å². The van der Waals surface area contributed by atoms with Crippen LogP contribution in [0.2, 0.25) is 0 Å². The first kappa shape index (κ1) is 16.1. The number of rotatable bonds is 5. The average molecular weight is 270 g/mol. The molecule has 0 saturated carbocycles. The van der Waals surface area contributed by atoms with Gasteiger partial charge in [-0.3, -0.25) is 14.5 Å². The molecule has 1 unspecified atom stereocenters. The second-order valence-corrected chi connectivity index (χ2v) is 6.03. The third-order valence-electron chi connectivity index (χ3n) is 3.27. The van der Waals surface area contributed by atoms with Gasteiger partial charge in [0, 0.05) is 18.5 Å². The molecule has 1 aliphatic heterocycles. The molecule has 0 bridgehead atoms. The van der Waals surface area contributed by atoms with E-state index in [9.17, 15) is 9.59 Å². The Hall–Kier alpha value is -0.940. The Balaban J connectivity index is 2.62. The van der Waals surface area contributed by atoms with E-state index in [1.54, 1.807) is 0 Å². The summed E-state index contributed by atoms with van der Waals surface area (Å²) < 4.78 is 5.37. The quantitative estimate of drug-likeness (QED) is 0.804. The largest absolute Gasteiger partial charge is 0.378 e. The van der Waals surface area contributed by atoms with Crippen molar-refractivity contribution in [1.82, 2.24) is 10.2 Å². The number of carbonyl (C=O) groups is 2. The maximum absolute atomic E-state index is 12.1. The molecule has 1 atom stereocenters. The van der Waals surface area contributed by atoms with Crippen LogP contribution in [0.4, 0.5) is 0 Å². The number of amides is 1. The Kier molecular flexibility index (Phi) is 5.94. The molecular formula is C14H26N2O3. The molecule has 1 aliphatic rings. The molecule has 0 aromatic rings. The summed E-state index contributed by atoms with van der Waals surface area (Å²) >= 11 is 0. The van der Waals surface area contributed by atoms with E-state index in [0.29, 0.717) is 32.8 Å². The summed E-state index contributed by atoms with van der Waals surface area (Å²) in [5, 5.41) is 2.87. The summed E-state index contributed by atoms with van der Waals surface area (Å²) in [5.74, 6) is 0.117. The molecule has 0 aliphatic carbocycles. The van der Waals surface area contributed by atoms with Crippen LogP contribution in [0.1, 0.15) is 34.1 Å². The van der Waals surface area contributed by atoms with Gasteiger partial charge in [0.25, 0.3) is 0 Å². The van der Waals surface area contributed by atoms with Crippen LogP contribution in [0.5, 0.6) is 0 Å². The van der Waals surface area contributed by atoms with E-state index in [-0.39, 0.29) is 23.1 Å². The van der Waals surface area contributed by atoms with Crippen LogP contribution in [0, 0.1) is 5.41 Å². The lowest BCUT2D eigenvalue weighted by atomic mass is 9.90. The summed E-state index contributed by atoms with van der Waals surface area (Å²) in [7, 11) is 0. The van der Waals surface area contributed by atoms with Gasteiger partial charge < -0.3 is 10.1 Å². The summed E-state index contributed by atoms with van der Waals surface area (Å²) in [6, 6.07) is -0.341. The van der Waals surface area contributed by atoms with Crippen molar-refractivity contribution >= 4 is 11.7 Å². The minimum atomic E-state index is -0.372. The van der Waals surface area contributed by atoms with E-state index in [1.807, 2.05) is 32.6 Å². The van der Waals surface area contributed by atoms with Crippen molar-refractivity contribution in [2.45, 2.75) is 40.2 Å². The van der Waals surface area contributed by atoms with Gasteiger partial charge in [0.05, 0.1) is 19.8 Å². The van der Waals surface area contributed by atoms with Gasteiger partial charge in [-0.25, -0.2) is 0 Å². The van der Waals surface area contributed by atoms with E-state index in [1.165, 1.54) is 0 Å². The molecule has 1 heterocycles. The fraction of sp³-hybridized carbons (Fsp3) is 0.857. The molecule has 1 rings (SSSR count). The molecule has 5 nitrogen and oxygen atoms in total. The molecule has 1 N–H and O–H groups in total. The minimum Gasteiger partial charge on any atom is -0.378 e. The van der Waals surface area contributed by atoms with Crippen LogP contribution >= 0.6 is 0 Å². The highest BCUT2D eigenvalue weighted by Gasteiger charge is 2.32. The van der Waals surface area contributed by atoms with Gasteiger partial charge in [0.1, 0.15) is 6.04 Å². The summed E-state index contributed by atoms with van der Waals surface area (Å²) in [6.07, 6.45) is 0.903. The van der Waals surface area contributed by atoms with Gasteiger partial charge in [-0.15, -0.1) is 0 Å². The van der Waals surface area contributed by atoms with Gasteiger partial charge in [0.2, 0.25) is 5.91 Å². The fourth-order valence-corrected chi connectivity index (χ4v) is 1.86. The predicted octanol–water partition coefficient (Wildman–Crippen LogP) is 0.829. The Morgan fingerprint density at radius 3 is 2.63 bits per heavy atom. The molecule has 0 radical (unpaired) electrons. The van der Waals surface area contributed by atoms with Crippen molar-refractivity contribution in [2.75, 3.05) is 32.8 Å². The topological polar surface area (TPSA) is 58.6 Å². The van der Waals surface area contributed by atoms with Crippen LogP contribution in [0.3, 0.4) is 0 Å². The van der Waals surface area contributed by atoms with E-state index >= 15 is 0 Å². The Labute approximate surface area is 115 Å². The van der Waals surface area contributed by atoms with Crippen LogP contribution in [0.25, 0.3) is 0 Å². The van der Waals surface area contributed by atoms with Crippen LogP contribution in [0.15, 0.2) is 0 Å². The SMILES string of the molecule is CCCNC(=O)C1COCCN1CC(=O)C(C)(C)C. The van der Waals surface area contributed by atoms with Crippen molar-refractivity contribution in [1.29, 1.82) is 0 Å². The van der Waals surface area contributed by atoms with Crippen molar-refractivity contribution < 1.29 is 14.3 Å². The summed E-state index contributed by atoms with van der Waals surface area (Å²) in [4.78, 5) is 26.1. The van der Waals surface area contributed by atoms with Gasteiger partial charge >= 0.3 is 0 Å². The Bertz CT molecular complexity index is 323. The maximum atomic E-state index is 12.1. The molecule has 1 saturated heterocycles. The molecule has 0 spiro atoms. The highest BCUT2D eigenvalue weighted by atomic mass is 16.5. The summed E-state index contributed by atoms with van der Waals surface area (Å²) in [5.41, 5.74) is -0.372. The summed E-state index contributed by atoms with van der Waals surface area (Å²) in [6.45, 7) is 10.3. The predicted molar refractivity (Wildman–Crippen MR) is 73.9 cm³/mol. The number of Topliss-reactive ketones (excluding diaryl/α,β-unsaturated/α-hetero) is 1. The second kappa shape index (κ2) is 7.01. The zero-order chi connectivity index (χ0) is 14.5. The number of nitrogens with zero attached hydrogens (tertiary/aromatic N) is 1. The fourth-order valence-electron chi connectivity index (χ4n) is 1.86. The number of ketones is 1. The van der Waals surface area contributed by atoms with E-state index in [4.69, 9.17) is 4.74 Å². The monoisotopic (exact) mass is 270 g/mol. The molecule has 1 fully saturated rings. The molecule has 0 aromatic carbocycles. The number of morpholine rings is 1. The molecule has 1 amide bonds. The number of hydrogen-bond donors (Lipinski definition) is 1. The first-order chi connectivity index (χ1) is 8.86. The van der Waals surface area contributed by atoms with Gasteiger partial charge in [-0.1, -0.05) is 27.7 Å². The van der Waals surface area contributed by atoms with Crippen LogP contribution < -0.4 is 5.32 Å². The van der Waals surface area contributed by atoms with Crippen molar-refractivity contribution in [3.05, 3.63) is 0 Å². The first-order valence-electron chi connectivity index (χ1n) is 6.99. The highest BCUT2D eigenvalue weighted by molar-refractivity contribution is 5.87. The Morgan fingerprint density at radius 1 is 1.37 bits per heavy atom. The van der Waals surface area contributed by atoms with Gasteiger partial charge in [-0.05, 0) is 6.42 Å². The lowest BCUT2D eigenvalue weighted by Crippen LogP contribution is -2.55. The Morgan fingerprint density at radius 2 is 2.05 bits per heavy atom. The zero-order valence-corrected chi connectivity index (χ0v) is 12.5. The van der Waals surface area contributed by atoms with Crippen molar-refractivity contribution in [2.24, 2.45) is 5.41 Å². The first-order valence-corrected chi connectivity index (χ1v) is 6.99. The zero-order valence-electron chi connectivity index (χ0n) is 12.5. The van der Waals surface area contributed by atoms with Crippen LogP contribution in [-0.4, -0.2) is 55.5 Å². The van der Waals surface area contributed by atoms with Crippen LogP contribution in [-0.2, 0) is 14.3 Å². The smallest absolute Gasteiger partial charge is 0.239 e. The number of carbonyl (C=O) groups excluding carboxylic acids is 2. The lowest BCUT2D eigenvalue weighted by molar-refractivity contribution is -0.137. The second-order valence-electron chi connectivity index (χ2n) is 6.03. The van der Waals surface area contributed by atoms with E-state index < -0.39 is 0 Å². The maximum Gasteiger partial charge on any atom is 0.239 e. The van der Waals surface area contributed by atoms with E-state index in [0.717, 1.165) is 6.42 Å². The third kappa shape index (κ3) is 4.91. The number of hydrogen-bond acceptors (Lipinski definition) is 4. The molecule has 0 aromatic heterocycles. The number of nitrogens with one attached hydrogen (secondary N) is 1. The standard InChI is InChI=1S/C14H26N2O3/c1-5-6-15-13(18)11-10-19-8-7-16(11)9-12(17)14(2,3)4/h11H,5-10H2,1-4H3,(H,15,18). The van der Waals surface area contributed by atoms with Crippen molar-refractivity contribution in [3.63, 3.8) is 0 Å². The average Bonchev–Trinajstić information content (AvgIpc) is 2.35. The molecule has 110 valence electrons. The molecular weight excluding hydrogens is 244 g/mol. The highest BCUT2D eigenvalue weighted by Crippen LogP contribution is 2.17. The third-order valence-corrected chi connectivity index (χ3v) is 3.27. The normalized spacial score (nSPS) is 21.2. The number of ether oxygens (including phenoxy) is 1. The van der Waals surface area contributed by atoms with Gasteiger partial charge in [-0.2, -0.15) is 0 Å². The molecule has 5 heteroatoms. The van der Waals surface area contributed by atoms with E-state index in [2.05, 4.69) is 5.32 Å². The lowest BCUT2D eigenvalue weighted by Gasteiger charge is -2.35.